The molecule has 0 aliphatic carbocycles. The number of hydrogen-bond acceptors (Lipinski definition) is 1. The van der Waals surface area contributed by atoms with Gasteiger partial charge in [0.2, 0.25) is 5.91 Å². The van der Waals surface area contributed by atoms with Crippen LogP contribution in [-0.2, 0) is 4.79 Å². The third-order valence-corrected chi connectivity index (χ3v) is 5.01. The lowest BCUT2D eigenvalue weighted by Crippen LogP contribution is -2.37. The lowest BCUT2D eigenvalue weighted by atomic mass is 10.0. The molecule has 0 aliphatic rings. The molecule has 0 aromatic heterocycles. The molecule has 1 N–H and O–H groups in total. The monoisotopic (exact) mass is 347 g/mol. The second-order valence-electron chi connectivity index (χ2n) is 6.07. The first kappa shape index (κ1) is 19.9. The van der Waals surface area contributed by atoms with Crippen molar-refractivity contribution in [3.05, 3.63) is 0 Å². The van der Waals surface area contributed by atoms with Gasteiger partial charge in [0.25, 0.3) is 0 Å². The highest BCUT2D eigenvalue weighted by Crippen LogP contribution is 2.11. The molecule has 1 amide bonds. The van der Waals surface area contributed by atoms with E-state index < -0.39 is 0 Å². The van der Waals surface area contributed by atoms with Crippen molar-refractivity contribution in [2.75, 3.05) is 5.33 Å². The quantitative estimate of drug-likeness (QED) is 0.348. The molecule has 0 rings (SSSR count). The molecule has 2 unspecified atom stereocenters. The lowest BCUT2D eigenvalue weighted by molar-refractivity contribution is -0.122. The van der Waals surface area contributed by atoms with Gasteiger partial charge in [0.05, 0.1) is 0 Å². The molecule has 2 nitrogen and oxygen atoms in total. The van der Waals surface area contributed by atoms with Crippen molar-refractivity contribution in [3.8, 4) is 0 Å². The summed E-state index contributed by atoms with van der Waals surface area (Å²) in [6.45, 7) is 6.49. The molecule has 0 saturated heterocycles. The van der Waals surface area contributed by atoms with Gasteiger partial charge < -0.3 is 5.32 Å². The highest BCUT2D eigenvalue weighted by molar-refractivity contribution is 9.09. The fourth-order valence-corrected chi connectivity index (χ4v) is 2.76. The largest absolute Gasteiger partial charge is 0.353 e. The molecular formula is C17H34BrNO. The van der Waals surface area contributed by atoms with Crippen molar-refractivity contribution in [3.63, 3.8) is 0 Å². The Bertz CT molecular complexity index is 233. The van der Waals surface area contributed by atoms with E-state index in [4.69, 9.17) is 0 Å². The second kappa shape index (κ2) is 13.9. The molecule has 0 aliphatic heterocycles. The van der Waals surface area contributed by atoms with Crippen molar-refractivity contribution in [1.29, 1.82) is 0 Å². The van der Waals surface area contributed by atoms with Crippen LogP contribution >= 0.6 is 15.9 Å². The summed E-state index contributed by atoms with van der Waals surface area (Å²) in [7, 11) is 0. The Morgan fingerprint density at radius 1 is 0.950 bits per heavy atom. The Hall–Kier alpha value is -0.0500. The highest BCUT2D eigenvalue weighted by atomic mass is 79.9. The molecule has 2 atom stereocenters. The number of rotatable bonds is 13. The van der Waals surface area contributed by atoms with Crippen LogP contribution in [0, 0.1) is 5.92 Å². The van der Waals surface area contributed by atoms with E-state index in [-0.39, 0.29) is 11.9 Å². The molecule has 0 spiro atoms. The average Bonchev–Trinajstić information content (AvgIpc) is 2.44. The number of alkyl halides is 1. The predicted molar refractivity (Wildman–Crippen MR) is 92.4 cm³/mol. The maximum atomic E-state index is 11.8. The predicted octanol–water partition coefficient (Wildman–Crippen LogP) is 5.44. The van der Waals surface area contributed by atoms with E-state index in [9.17, 15) is 4.79 Å². The molecule has 3 heteroatoms. The number of amides is 1. The van der Waals surface area contributed by atoms with Crippen molar-refractivity contribution < 1.29 is 4.79 Å². The van der Waals surface area contributed by atoms with Crippen LogP contribution in [0.2, 0.25) is 0 Å². The van der Waals surface area contributed by atoms with Gasteiger partial charge in [-0.25, -0.2) is 0 Å². The molecule has 120 valence electrons. The van der Waals surface area contributed by atoms with Crippen LogP contribution in [0.1, 0.15) is 85.0 Å². The van der Waals surface area contributed by atoms with Crippen LogP contribution in [0.5, 0.6) is 0 Å². The Labute approximate surface area is 134 Å². The highest BCUT2D eigenvalue weighted by Gasteiger charge is 2.12. The minimum absolute atomic E-state index is 0.216. The summed E-state index contributed by atoms with van der Waals surface area (Å²) in [4.78, 5) is 11.8. The van der Waals surface area contributed by atoms with Crippen LogP contribution in [0.25, 0.3) is 0 Å². The minimum Gasteiger partial charge on any atom is -0.353 e. The molecule has 0 bridgehead atoms. The molecule has 0 aromatic carbocycles. The number of unbranched alkanes of at least 4 members (excludes halogenated alkanes) is 8. The fraction of sp³-hybridized carbons (Fsp3) is 0.941. The van der Waals surface area contributed by atoms with E-state index in [1.807, 2.05) is 0 Å². The molecule has 0 heterocycles. The zero-order valence-electron chi connectivity index (χ0n) is 13.7. The first-order valence-corrected chi connectivity index (χ1v) is 9.59. The molecule has 20 heavy (non-hydrogen) atoms. The summed E-state index contributed by atoms with van der Waals surface area (Å²) in [5, 5.41) is 4.02. The third kappa shape index (κ3) is 11.7. The first-order valence-electron chi connectivity index (χ1n) is 8.47. The van der Waals surface area contributed by atoms with Crippen molar-refractivity contribution >= 4 is 21.8 Å². The van der Waals surface area contributed by atoms with Gasteiger partial charge in [0.1, 0.15) is 0 Å². The van der Waals surface area contributed by atoms with Crippen LogP contribution in [0.4, 0.5) is 0 Å². The normalized spacial score (nSPS) is 14.0. The average molecular weight is 348 g/mol. The molecule has 0 saturated carbocycles. The lowest BCUT2D eigenvalue weighted by Gasteiger charge is -2.19. The number of carbonyl (C=O) groups is 1. The number of carbonyl (C=O) groups excluding carboxylic acids is 1. The van der Waals surface area contributed by atoms with Gasteiger partial charge in [0.15, 0.2) is 0 Å². The number of halogens is 1. The summed E-state index contributed by atoms with van der Waals surface area (Å²) >= 11 is 3.46. The van der Waals surface area contributed by atoms with E-state index in [2.05, 4.69) is 42.0 Å². The molecule has 0 fully saturated rings. The molecular weight excluding hydrogens is 314 g/mol. The van der Waals surface area contributed by atoms with Gasteiger partial charge in [-0.15, -0.1) is 0 Å². The van der Waals surface area contributed by atoms with Crippen LogP contribution in [0.3, 0.4) is 0 Å². The van der Waals surface area contributed by atoms with Gasteiger partial charge in [-0.1, -0.05) is 81.1 Å². The minimum atomic E-state index is 0.216. The van der Waals surface area contributed by atoms with Crippen molar-refractivity contribution in [2.45, 2.75) is 91.0 Å². The zero-order chi connectivity index (χ0) is 15.2. The van der Waals surface area contributed by atoms with Gasteiger partial charge in [0, 0.05) is 17.8 Å². The zero-order valence-corrected chi connectivity index (χ0v) is 15.3. The summed E-state index contributed by atoms with van der Waals surface area (Å²) in [6, 6.07) is 0.264. The van der Waals surface area contributed by atoms with Crippen LogP contribution < -0.4 is 5.32 Å². The third-order valence-electron chi connectivity index (χ3n) is 3.99. The molecule has 0 radical (unpaired) electrons. The van der Waals surface area contributed by atoms with E-state index in [0.29, 0.717) is 12.3 Å². The van der Waals surface area contributed by atoms with Gasteiger partial charge in [-0.05, 0) is 19.3 Å². The van der Waals surface area contributed by atoms with Gasteiger partial charge >= 0.3 is 0 Å². The molecule has 0 aromatic rings. The van der Waals surface area contributed by atoms with Crippen molar-refractivity contribution in [1.82, 2.24) is 5.32 Å². The smallest absolute Gasteiger partial charge is 0.220 e. The Kier molecular flexibility index (Phi) is 13.9. The van der Waals surface area contributed by atoms with E-state index in [1.54, 1.807) is 0 Å². The van der Waals surface area contributed by atoms with Crippen molar-refractivity contribution in [2.24, 2.45) is 5.92 Å². The van der Waals surface area contributed by atoms with E-state index in [1.165, 1.54) is 51.4 Å². The second-order valence-corrected chi connectivity index (χ2v) is 6.71. The topological polar surface area (TPSA) is 29.1 Å². The first-order chi connectivity index (χ1) is 9.61. The maximum Gasteiger partial charge on any atom is 0.220 e. The number of nitrogens with one attached hydrogen (secondary N) is 1. The van der Waals surface area contributed by atoms with Crippen LogP contribution in [0.15, 0.2) is 0 Å². The summed E-state index contributed by atoms with van der Waals surface area (Å²) in [6.07, 6.45) is 12.4. The summed E-state index contributed by atoms with van der Waals surface area (Å²) in [5.41, 5.74) is 0. The van der Waals surface area contributed by atoms with E-state index >= 15 is 0 Å². The summed E-state index contributed by atoms with van der Waals surface area (Å²) in [5.74, 6) is 0.704. The Morgan fingerprint density at radius 2 is 1.45 bits per heavy atom. The van der Waals surface area contributed by atoms with Gasteiger partial charge in [-0.2, -0.15) is 0 Å². The standard InChI is InChI=1S/C17H34BrNO/c1-4-5-6-7-8-9-10-11-12-13-17(20)19-16(3)15(2)14-18/h15-16H,4-14H2,1-3H3,(H,19,20). The maximum absolute atomic E-state index is 11.8. The number of hydrogen-bond donors (Lipinski definition) is 1. The SMILES string of the molecule is CCCCCCCCCCCC(=O)NC(C)C(C)CBr. The van der Waals surface area contributed by atoms with E-state index in [0.717, 1.165) is 11.8 Å². The Morgan fingerprint density at radius 3 is 1.95 bits per heavy atom. The Balaban J connectivity index is 3.35. The summed E-state index contributed by atoms with van der Waals surface area (Å²) < 4.78 is 0. The van der Waals surface area contributed by atoms with Gasteiger partial charge in [-0.3, -0.25) is 4.79 Å². The van der Waals surface area contributed by atoms with Crippen LogP contribution in [-0.4, -0.2) is 17.3 Å². The fourth-order valence-electron chi connectivity index (χ4n) is 2.20.